The molecule has 0 unspecified atom stereocenters. The number of benzene rings is 2. The quantitative estimate of drug-likeness (QED) is 0.368. The third kappa shape index (κ3) is 6.23. The topological polar surface area (TPSA) is 92.2 Å². The molecule has 0 saturated carbocycles. The molecule has 5 rings (SSSR count). The van der Waals surface area contributed by atoms with Crippen LogP contribution in [0.15, 0.2) is 59.4 Å². The molecule has 0 amide bonds. The highest BCUT2D eigenvalue weighted by Gasteiger charge is 2.17. The maximum Gasteiger partial charge on any atom is 0.252 e. The third-order valence-electron chi connectivity index (χ3n) is 6.67. The molecule has 1 aliphatic rings. The van der Waals surface area contributed by atoms with Crippen LogP contribution in [0.2, 0.25) is 0 Å². The van der Waals surface area contributed by atoms with E-state index >= 15 is 0 Å². The van der Waals surface area contributed by atoms with Crippen LogP contribution in [0, 0.1) is 6.92 Å². The Balaban J connectivity index is 1.34. The first-order valence-corrected chi connectivity index (χ1v) is 12.6. The van der Waals surface area contributed by atoms with E-state index in [2.05, 4.69) is 55.4 Å². The van der Waals surface area contributed by atoms with Crippen molar-refractivity contribution in [2.75, 3.05) is 39.4 Å². The van der Waals surface area contributed by atoms with Gasteiger partial charge in [0.15, 0.2) is 5.82 Å². The van der Waals surface area contributed by atoms with Crippen molar-refractivity contribution in [2.45, 2.75) is 33.0 Å². The van der Waals surface area contributed by atoms with Gasteiger partial charge in [0.05, 0.1) is 26.3 Å². The Morgan fingerprint density at radius 2 is 1.89 bits per heavy atom. The number of fused-ring (bicyclic) bond motifs is 1. The molecular formula is C27H33N7O2. The Morgan fingerprint density at radius 1 is 1.06 bits per heavy atom. The SMILES string of the molecule is Cc1ccc2[nH]c(=O)c(CN(CCCN3CCOCC3)Cc3nnnn3Cc3ccccc3)cc2c1. The molecule has 0 spiro atoms. The number of tetrazole rings is 1. The van der Waals surface area contributed by atoms with E-state index < -0.39 is 0 Å². The van der Waals surface area contributed by atoms with Gasteiger partial charge in [0, 0.05) is 37.3 Å². The van der Waals surface area contributed by atoms with Crippen LogP contribution < -0.4 is 5.56 Å². The molecule has 2 aromatic heterocycles. The predicted octanol–water partition coefficient (Wildman–Crippen LogP) is 2.60. The molecule has 1 fully saturated rings. The second-order valence-electron chi connectivity index (χ2n) is 9.47. The zero-order chi connectivity index (χ0) is 24.7. The summed E-state index contributed by atoms with van der Waals surface area (Å²) in [6.07, 6.45) is 0.991. The fourth-order valence-electron chi connectivity index (χ4n) is 4.70. The van der Waals surface area contributed by atoms with Crippen LogP contribution in [-0.4, -0.2) is 74.4 Å². The minimum atomic E-state index is -0.0478. The van der Waals surface area contributed by atoms with Crippen LogP contribution in [0.1, 0.15) is 28.9 Å². The molecule has 2 aromatic carbocycles. The van der Waals surface area contributed by atoms with E-state index in [-0.39, 0.29) is 5.56 Å². The van der Waals surface area contributed by atoms with Gasteiger partial charge in [0.25, 0.3) is 5.56 Å². The van der Waals surface area contributed by atoms with E-state index in [0.717, 1.165) is 73.7 Å². The van der Waals surface area contributed by atoms with Gasteiger partial charge in [0.1, 0.15) is 0 Å². The summed E-state index contributed by atoms with van der Waals surface area (Å²) in [7, 11) is 0. The Kier molecular flexibility index (Phi) is 7.80. The summed E-state index contributed by atoms with van der Waals surface area (Å²) in [5, 5.41) is 13.5. The molecule has 188 valence electrons. The second kappa shape index (κ2) is 11.6. The van der Waals surface area contributed by atoms with Gasteiger partial charge >= 0.3 is 0 Å². The van der Waals surface area contributed by atoms with Crippen molar-refractivity contribution < 1.29 is 4.74 Å². The summed E-state index contributed by atoms with van der Waals surface area (Å²) < 4.78 is 7.33. The van der Waals surface area contributed by atoms with Gasteiger partial charge in [-0.05, 0) is 59.5 Å². The van der Waals surface area contributed by atoms with Gasteiger partial charge in [-0.25, -0.2) is 4.68 Å². The van der Waals surface area contributed by atoms with Crippen molar-refractivity contribution in [2.24, 2.45) is 0 Å². The first kappa shape index (κ1) is 24.3. The van der Waals surface area contributed by atoms with Crippen LogP contribution in [0.4, 0.5) is 0 Å². The summed E-state index contributed by atoms with van der Waals surface area (Å²) >= 11 is 0. The fourth-order valence-corrected chi connectivity index (χ4v) is 4.70. The molecule has 0 bridgehead atoms. The average Bonchev–Trinajstić information content (AvgIpc) is 3.32. The fraction of sp³-hybridized carbons (Fsp3) is 0.407. The summed E-state index contributed by atoms with van der Waals surface area (Å²) in [4.78, 5) is 20.7. The summed E-state index contributed by atoms with van der Waals surface area (Å²) in [6.45, 7) is 9.14. The van der Waals surface area contributed by atoms with Gasteiger partial charge in [-0.15, -0.1) is 5.10 Å². The predicted molar refractivity (Wildman–Crippen MR) is 139 cm³/mol. The van der Waals surface area contributed by atoms with Crippen molar-refractivity contribution in [1.29, 1.82) is 0 Å². The summed E-state index contributed by atoms with van der Waals surface area (Å²) in [6, 6.07) is 18.3. The zero-order valence-corrected chi connectivity index (χ0v) is 20.8. The van der Waals surface area contributed by atoms with Crippen molar-refractivity contribution in [3.8, 4) is 0 Å². The minimum absolute atomic E-state index is 0.0478. The van der Waals surface area contributed by atoms with Gasteiger partial charge in [-0.1, -0.05) is 42.0 Å². The first-order chi connectivity index (χ1) is 17.6. The Labute approximate surface area is 210 Å². The molecule has 0 aliphatic carbocycles. The molecule has 1 aliphatic heterocycles. The number of hydrogen-bond donors (Lipinski definition) is 1. The first-order valence-electron chi connectivity index (χ1n) is 12.6. The molecule has 9 heteroatoms. The Hall–Kier alpha value is -3.40. The van der Waals surface area contributed by atoms with Crippen LogP contribution in [0.3, 0.4) is 0 Å². The largest absolute Gasteiger partial charge is 0.379 e. The van der Waals surface area contributed by atoms with E-state index in [1.54, 1.807) is 0 Å². The number of aryl methyl sites for hydroxylation is 1. The lowest BCUT2D eigenvalue weighted by molar-refractivity contribution is 0.0358. The Morgan fingerprint density at radius 3 is 2.72 bits per heavy atom. The number of ether oxygens (including phenoxy) is 1. The lowest BCUT2D eigenvalue weighted by Gasteiger charge is -2.28. The lowest BCUT2D eigenvalue weighted by Crippen LogP contribution is -2.38. The normalized spacial score (nSPS) is 14.6. The van der Waals surface area contributed by atoms with Crippen LogP contribution in [0.25, 0.3) is 10.9 Å². The number of rotatable bonds is 10. The number of nitrogens with zero attached hydrogens (tertiary/aromatic N) is 6. The number of pyridine rings is 1. The molecule has 9 nitrogen and oxygen atoms in total. The molecule has 3 heterocycles. The van der Waals surface area contributed by atoms with E-state index in [0.29, 0.717) is 19.6 Å². The molecule has 1 saturated heterocycles. The van der Waals surface area contributed by atoms with Gasteiger partial charge < -0.3 is 9.72 Å². The number of H-pyrrole nitrogens is 1. The third-order valence-corrected chi connectivity index (χ3v) is 6.67. The monoisotopic (exact) mass is 487 g/mol. The maximum atomic E-state index is 12.9. The lowest BCUT2D eigenvalue weighted by atomic mass is 10.1. The molecule has 4 aromatic rings. The Bertz CT molecular complexity index is 1330. The smallest absolute Gasteiger partial charge is 0.252 e. The molecule has 1 N–H and O–H groups in total. The number of aromatic amines is 1. The highest BCUT2D eigenvalue weighted by molar-refractivity contribution is 5.79. The van der Waals surface area contributed by atoms with E-state index in [1.165, 1.54) is 5.56 Å². The molecular weight excluding hydrogens is 454 g/mol. The zero-order valence-electron chi connectivity index (χ0n) is 20.8. The highest BCUT2D eigenvalue weighted by Crippen LogP contribution is 2.15. The minimum Gasteiger partial charge on any atom is -0.379 e. The van der Waals surface area contributed by atoms with Gasteiger partial charge in [-0.2, -0.15) is 0 Å². The standard InChI is InChI=1S/C27H33N7O2/c1-21-8-9-25-23(16-21)17-24(27(35)28-25)19-33(11-5-10-32-12-14-36-15-13-32)20-26-29-30-31-34(26)18-22-6-3-2-4-7-22/h2-4,6-9,16-17H,5,10-15,18-20H2,1H3,(H,28,35). The van der Waals surface area contributed by atoms with E-state index in [9.17, 15) is 4.79 Å². The van der Waals surface area contributed by atoms with Crippen molar-refractivity contribution >= 4 is 10.9 Å². The van der Waals surface area contributed by atoms with Crippen molar-refractivity contribution in [1.82, 2.24) is 35.0 Å². The second-order valence-corrected chi connectivity index (χ2v) is 9.47. The molecule has 0 atom stereocenters. The summed E-state index contributed by atoms with van der Waals surface area (Å²) in [5.41, 5.74) is 3.88. The van der Waals surface area contributed by atoms with Gasteiger partial charge in [0.2, 0.25) is 0 Å². The van der Waals surface area contributed by atoms with Crippen LogP contribution in [0.5, 0.6) is 0 Å². The van der Waals surface area contributed by atoms with Crippen molar-refractivity contribution in [3.05, 3.63) is 87.5 Å². The highest BCUT2D eigenvalue weighted by atomic mass is 16.5. The van der Waals surface area contributed by atoms with E-state index in [4.69, 9.17) is 4.74 Å². The van der Waals surface area contributed by atoms with Crippen LogP contribution >= 0.6 is 0 Å². The average molecular weight is 488 g/mol. The number of aromatic nitrogens is 5. The molecule has 36 heavy (non-hydrogen) atoms. The summed E-state index contributed by atoms with van der Waals surface area (Å²) in [5.74, 6) is 0.790. The van der Waals surface area contributed by atoms with Gasteiger partial charge in [-0.3, -0.25) is 14.6 Å². The number of hydrogen-bond acceptors (Lipinski definition) is 7. The van der Waals surface area contributed by atoms with Crippen LogP contribution in [-0.2, 0) is 24.4 Å². The number of nitrogens with one attached hydrogen (secondary N) is 1. The maximum absolute atomic E-state index is 12.9. The molecule has 0 radical (unpaired) electrons. The number of morpholine rings is 1. The van der Waals surface area contributed by atoms with E-state index in [1.807, 2.05) is 41.1 Å². The van der Waals surface area contributed by atoms with Crippen molar-refractivity contribution in [3.63, 3.8) is 0 Å².